The SMILES string of the molecule is N#Cc1c(-n2c3ccccc3c3cc(-c4ccc5c(c4)c4ccccc4n5-c4ccc(-c5ccccc5)cc4)ccc32)nc2ccccc2c1C#N. The van der Waals surface area contributed by atoms with E-state index in [2.05, 4.69) is 132 Å². The third kappa shape index (κ3) is 4.37. The normalized spacial score (nSPS) is 11.4. The summed E-state index contributed by atoms with van der Waals surface area (Å²) in [5.74, 6) is 0.461. The van der Waals surface area contributed by atoms with Crippen molar-refractivity contribution >= 4 is 54.5 Å². The molecule has 0 fully saturated rings. The lowest BCUT2D eigenvalue weighted by Crippen LogP contribution is -2.04. The van der Waals surface area contributed by atoms with Gasteiger partial charge in [0.1, 0.15) is 17.7 Å². The molecular weight excluding hydrogens is 635 g/mol. The number of rotatable bonds is 4. The second-order valence-corrected chi connectivity index (χ2v) is 13.0. The highest BCUT2D eigenvalue weighted by atomic mass is 15.1. The Bertz CT molecular complexity index is 3130. The Morgan fingerprint density at radius 1 is 0.385 bits per heavy atom. The van der Waals surface area contributed by atoms with E-state index in [-0.39, 0.29) is 5.56 Å². The van der Waals surface area contributed by atoms with Crippen LogP contribution in [0.1, 0.15) is 11.1 Å². The Kier molecular flexibility index (Phi) is 6.55. The summed E-state index contributed by atoms with van der Waals surface area (Å²) in [6, 6.07) is 61.3. The van der Waals surface area contributed by atoms with Gasteiger partial charge in [0.25, 0.3) is 0 Å². The molecule has 0 N–H and O–H groups in total. The molecule has 3 heterocycles. The standard InChI is InChI=1S/C47H27N5/c48-28-40-35-12-4-7-15-42(35)50-47(41(40)29-49)52-44-17-9-6-14-37(44)39-27-33(21-25-46(39)52)32-20-24-45-38(26-32)36-13-5-8-16-43(36)51(45)34-22-18-31(19-23-34)30-10-2-1-3-11-30/h1-27H. The third-order valence-electron chi connectivity index (χ3n) is 10.2. The van der Waals surface area contributed by atoms with E-state index in [1.54, 1.807) is 0 Å². The molecule has 240 valence electrons. The largest absolute Gasteiger partial charge is 0.309 e. The van der Waals surface area contributed by atoms with E-state index in [1.807, 2.05) is 53.1 Å². The van der Waals surface area contributed by atoms with Gasteiger partial charge < -0.3 is 4.57 Å². The third-order valence-corrected chi connectivity index (χ3v) is 10.2. The Morgan fingerprint density at radius 3 is 1.50 bits per heavy atom. The summed E-state index contributed by atoms with van der Waals surface area (Å²) in [6.07, 6.45) is 0. The lowest BCUT2D eigenvalue weighted by atomic mass is 10.0. The van der Waals surface area contributed by atoms with Gasteiger partial charge >= 0.3 is 0 Å². The summed E-state index contributed by atoms with van der Waals surface area (Å²) >= 11 is 0. The van der Waals surface area contributed by atoms with Crippen molar-refractivity contribution in [2.75, 3.05) is 0 Å². The van der Waals surface area contributed by atoms with E-state index in [0.29, 0.717) is 22.3 Å². The minimum atomic E-state index is 0.268. The fourth-order valence-corrected chi connectivity index (χ4v) is 7.83. The van der Waals surface area contributed by atoms with Crippen molar-refractivity contribution in [2.45, 2.75) is 0 Å². The molecule has 10 aromatic rings. The molecule has 52 heavy (non-hydrogen) atoms. The Hall–Kier alpha value is -7.47. The van der Waals surface area contributed by atoms with E-state index in [1.165, 1.54) is 21.9 Å². The second kappa shape index (κ2) is 11.6. The number of fused-ring (bicyclic) bond motifs is 7. The van der Waals surface area contributed by atoms with Gasteiger partial charge in [-0.05, 0) is 76.9 Å². The predicted octanol–water partition coefficient (Wildman–Crippen LogP) is 11.5. The fraction of sp³-hybridized carbons (Fsp3) is 0. The molecule has 0 saturated heterocycles. The molecule has 0 aliphatic heterocycles. The molecule has 0 radical (unpaired) electrons. The summed E-state index contributed by atoms with van der Waals surface area (Å²) in [5, 5.41) is 25.7. The second-order valence-electron chi connectivity index (χ2n) is 13.0. The Morgan fingerprint density at radius 2 is 0.865 bits per heavy atom. The molecule has 5 heteroatoms. The lowest BCUT2D eigenvalue weighted by molar-refractivity contribution is 1.09. The molecule has 0 atom stereocenters. The molecular formula is C47H27N5. The number of aromatic nitrogens is 3. The first kappa shape index (κ1) is 29.4. The van der Waals surface area contributed by atoms with E-state index in [9.17, 15) is 10.5 Å². The van der Waals surface area contributed by atoms with Gasteiger partial charge in [-0.15, -0.1) is 0 Å². The quantitative estimate of drug-likeness (QED) is 0.188. The number of nitriles is 2. The summed E-state index contributed by atoms with van der Waals surface area (Å²) in [6.45, 7) is 0. The molecule has 0 amide bonds. The topological polar surface area (TPSA) is 70.3 Å². The minimum absolute atomic E-state index is 0.268. The predicted molar refractivity (Wildman–Crippen MR) is 211 cm³/mol. The van der Waals surface area contributed by atoms with Gasteiger partial charge in [0.15, 0.2) is 5.82 Å². The average Bonchev–Trinajstić information content (AvgIpc) is 3.72. The molecule has 0 saturated carbocycles. The van der Waals surface area contributed by atoms with Crippen LogP contribution in [-0.4, -0.2) is 14.1 Å². The van der Waals surface area contributed by atoms with Crippen molar-refractivity contribution in [1.82, 2.24) is 14.1 Å². The van der Waals surface area contributed by atoms with Crippen LogP contribution in [0.4, 0.5) is 0 Å². The van der Waals surface area contributed by atoms with E-state index in [0.717, 1.165) is 49.7 Å². The number of nitrogens with zero attached hydrogens (tertiary/aromatic N) is 5. The van der Waals surface area contributed by atoms with Crippen LogP contribution in [-0.2, 0) is 0 Å². The van der Waals surface area contributed by atoms with Gasteiger partial charge in [0, 0.05) is 32.6 Å². The molecule has 3 aromatic heterocycles. The number of pyridine rings is 1. The van der Waals surface area contributed by atoms with Gasteiger partial charge in [0.2, 0.25) is 0 Å². The highest BCUT2D eigenvalue weighted by Crippen LogP contribution is 2.39. The highest BCUT2D eigenvalue weighted by molar-refractivity contribution is 6.13. The first-order valence-corrected chi connectivity index (χ1v) is 17.2. The van der Waals surface area contributed by atoms with E-state index >= 15 is 0 Å². The molecule has 0 aliphatic rings. The van der Waals surface area contributed by atoms with Crippen molar-refractivity contribution in [1.29, 1.82) is 10.5 Å². The maximum atomic E-state index is 10.4. The van der Waals surface area contributed by atoms with Gasteiger partial charge in [-0.1, -0.05) is 109 Å². The molecule has 0 spiro atoms. The zero-order chi connectivity index (χ0) is 34.8. The maximum absolute atomic E-state index is 10.4. The van der Waals surface area contributed by atoms with E-state index in [4.69, 9.17) is 4.98 Å². The smallest absolute Gasteiger partial charge is 0.157 e. The van der Waals surface area contributed by atoms with Crippen LogP contribution in [0, 0.1) is 22.7 Å². The summed E-state index contributed by atoms with van der Waals surface area (Å²) in [4.78, 5) is 4.98. The average molecular weight is 662 g/mol. The van der Waals surface area contributed by atoms with Crippen molar-refractivity contribution in [2.24, 2.45) is 0 Å². The monoisotopic (exact) mass is 661 g/mol. The number of hydrogen-bond acceptors (Lipinski definition) is 3. The molecule has 0 aliphatic carbocycles. The number of benzene rings is 7. The first-order chi connectivity index (χ1) is 25.7. The first-order valence-electron chi connectivity index (χ1n) is 17.2. The summed E-state index contributed by atoms with van der Waals surface area (Å²) < 4.78 is 4.37. The van der Waals surface area contributed by atoms with Crippen LogP contribution in [0.15, 0.2) is 164 Å². The Balaban J connectivity index is 1.14. The van der Waals surface area contributed by atoms with Crippen LogP contribution >= 0.6 is 0 Å². The minimum Gasteiger partial charge on any atom is -0.309 e. The van der Waals surface area contributed by atoms with Crippen LogP contribution < -0.4 is 0 Å². The Labute approximate surface area is 299 Å². The highest BCUT2D eigenvalue weighted by Gasteiger charge is 2.21. The zero-order valence-electron chi connectivity index (χ0n) is 27.8. The lowest BCUT2D eigenvalue weighted by Gasteiger charge is -2.12. The molecule has 0 bridgehead atoms. The van der Waals surface area contributed by atoms with Gasteiger partial charge in [0.05, 0.1) is 33.1 Å². The van der Waals surface area contributed by atoms with Crippen LogP contribution in [0.3, 0.4) is 0 Å². The van der Waals surface area contributed by atoms with Crippen molar-refractivity contribution in [3.8, 4) is 45.9 Å². The molecule has 7 aromatic carbocycles. The molecule has 5 nitrogen and oxygen atoms in total. The van der Waals surface area contributed by atoms with Crippen molar-refractivity contribution < 1.29 is 0 Å². The summed E-state index contributed by atoms with van der Waals surface area (Å²) in [7, 11) is 0. The van der Waals surface area contributed by atoms with Gasteiger partial charge in [-0.25, -0.2) is 4.98 Å². The zero-order valence-corrected chi connectivity index (χ0v) is 27.8. The summed E-state index contributed by atoms with van der Waals surface area (Å²) in [5.41, 5.74) is 11.1. The fourth-order valence-electron chi connectivity index (χ4n) is 7.83. The number of para-hydroxylation sites is 3. The van der Waals surface area contributed by atoms with Crippen molar-refractivity contribution in [3.05, 3.63) is 175 Å². The van der Waals surface area contributed by atoms with Crippen molar-refractivity contribution in [3.63, 3.8) is 0 Å². The van der Waals surface area contributed by atoms with Crippen LogP contribution in [0.25, 0.3) is 88.3 Å². The molecule has 10 rings (SSSR count). The molecule has 0 unspecified atom stereocenters. The van der Waals surface area contributed by atoms with Gasteiger partial charge in [-0.2, -0.15) is 10.5 Å². The van der Waals surface area contributed by atoms with Gasteiger partial charge in [-0.3, -0.25) is 4.57 Å². The maximum Gasteiger partial charge on any atom is 0.157 e. The van der Waals surface area contributed by atoms with E-state index < -0.39 is 0 Å². The van der Waals surface area contributed by atoms with Crippen LogP contribution in [0.2, 0.25) is 0 Å². The number of hydrogen-bond donors (Lipinski definition) is 0. The van der Waals surface area contributed by atoms with Crippen LogP contribution in [0.5, 0.6) is 0 Å².